The van der Waals surface area contributed by atoms with Gasteiger partial charge in [-0.1, -0.05) is 71.6 Å². The van der Waals surface area contributed by atoms with Crippen LogP contribution >= 0.6 is 11.8 Å². The van der Waals surface area contributed by atoms with E-state index in [1.54, 1.807) is 48.5 Å². The number of aliphatic hydroxyl groups excluding tert-OH is 1. The van der Waals surface area contributed by atoms with Gasteiger partial charge in [0, 0.05) is 18.0 Å². The maximum absolute atomic E-state index is 13.9. The monoisotopic (exact) mass is 529 g/mol. The summed E-state index contributed by atoms with van der Waals surface area (Å²) in [6, 6.07) is 22.8. The van der Waals surface area contributed by atoms with E-state index in [0.717, 1.165) is 17.3 Å². The summed E-state index contributed by atoms with van der Waals surface area (Å²) >= 11 is 1.10. The van der Waals surface area contributed by atoms with Gasteiger partial charge < -0.3 is 10.8 Å². The van der Waals surface area contributed by atoms with Crippen molar-refractivity contribution in [2.45, 2.75) is 31.5 Å². The Balaban J connectivity index is 1.44. The normalized spacial score (nSPS) is 17.0. The van der Waals surface area contributed by atoms with Crippen LogP contribution in [0.1, 0.15) is 23.7 Å². The molecule has 4 aromatic rings. The third-order valence-corrected chi connectivity index (χ3v) is 7.77. The van der Waals surface area contributed by atoms with Crippen LogP contribution in [0.5, 0.6) is 0 Å². The summed E-state index contributed by atoms with van der Waals surface area (Å²) in [5.41, 5.74) is 7.99. The molecule has 3 atom stereocenters. The number of hydrogen-bond donors (Lipinski definition) is 2. The Kier molecular flexibility index (Phi) is 7.52. The molecule has 1 fully saturated rings. The number of carbonyl (C=O) groups is 2. The van der Waals surface area contributed by atoms with E-state index >= 15 is 0 Å². The van der Waals surface area contributed by atoms with Gasteiger partial charge in [0.15, 0.2) is 0 Å². The summed E-state index contributed by atoms with van der Waals surface area (Å²) in [5, 5.41) is 19.6. The first-order valence-electron chi connectivity index (χ1n) is 12.3. The van der Waals surface area contributed by atoms with Gasteiger partial charge in [-0.15, -0.1) is 5.10 Å². The molecule has 2 heterocycles. The number of thioether (sulfide) groups is 1. The lowest BCUT2D eigenvalue weighted by atomic mass is 9.90. The van der Waals surface area contributed by atoms with Crippen LogP contribution in [0.4, 0.5) is 10.5 Å². The van der Waals surface area contributed by atoms with Gasteiger partial charge in [-0.3, -0.25) is 19.3 Å². The quantitative estimate of drug-likeness (QED) is 0.332. The number of fused-ring (bicyclic) bond motifs is 1. The fourth-order valence-corrected chi connectivity index (χ4v) is 5.70. The molecule has 0 saturated carbocycles. The fraction of sp³-hybridized carbons (Fsp3) is 0.250. The lowest BCUT2D eigenvalue weighted by molar-refractivity contribution is -0.137. The number of hydrogen-bond acceptors (Lipinski definition) is 8. The van der Waals surface area contributed by atoms with Crippen LogP contribution in [0, 0.1) is 5.92 Å². The smallest absolute Gasteiger partial charge is 0.288 e. The average molecular weight is 530 g/mol. The Morgan fingerprint density at radius 2 is 1.74 bits per heavy atom. The summed E-state index contributed by atoms with van der Waals surface area (Å²) in [6.07, 6.45) is -0.627. The van der Waals surface area contributed by atoms with Gasteiger partial charge in [0.2, 0.25) is 5.91 Å². The first kappa shape index (κ1) is 25.6. The van der Waals surface area contributed by atoms with E-state index in [2.05, 4.69) is 10.3 Å². The largest absolute Gasteiger partial charge is 0.399 e. The number of imide groups is 1. The Morgan fingerprint density at radius 3 is 2.50 bits per heavy atom. The number of anilines is 1. The van der Waals surface area contributed by atoms with Crippen molar-refractivity contribution in [3.63, 3.8) is 0 Å². The number of aryl methyl sites for hydroxylation is 1. The topological polar surface area (TPSA) is 131 Å². The van der Waals surface area contributed by atoms with Crippen LogP contribution < -0.4 is 11.3 Å². The van der Waals surface area contributed by atoms with Gasteiger partial charge >= 0.3 is 0 Å². The van der Waals surface area contributed by atoms with Gasteiger partial charge in [-0.05, 0) is 48.2 Å². The van der Waals surface area contributed by atoms with Crippen LogP contribution in [0.25, 0.3) is 10.9 Å². The van der Waals surface area contributed by atoms with E-state index in [0.29, 0.717) is 34.3 Å². The van der Waals surface area contributed by atoms with Crippen molar-refractivity contribution >= 4 is 39.5 Å². The zero-order valence-electron chi connectivity index (χ0n) is 20.5. The van der Waals surface area contributed by atoms with Crippen molar-refractivity contribution < 1.29 is 14.7 Å². The van der Waals surface area contributed by atoms with E-state index in [1.807, 2.05) is 30.3 Å². The number of aliphatic hydroxyl groups is 1. The van der Waals surface area contributed by atoms with E-state index in [1.165, 1.54) is 9.58 Å². The third kappa shape index (κ3) is 5.32. The highest BCUT2D eigenvalue weighted by molar-refractivity contribution is 8.14. The summed E-state index contributed by atoms with van der Waals surface area (Å²) in [6.45, 7) is 0.0393. The summed E-state index contributed by atoms with van der Waals surface area (Å²) < 4.78 is 1.19. The molecule has 1 aliphatic rings. The molecule has 3 N–H and O–H groups in total. The molecular formula is C28H27N5O4S. The highest BCUT2D eigenvalue weighted by Crippen LogP contribution is 2.33. The second-order valence-electron chi connectivity index (χ2n) is 9.27. The molecule has 38 heavy (non-hydrogen) atoms. The molecule has 0 radical (unpaired) electrons. The molecule has 1 aromatic heterocycles. The van der Waals surface area contributed by atoms with Crippen LogP contribution in [-0.2, 0) is 17.8 Å². The number of nitrogens with two attached hydrogens (primary N) is 1. The lowest BCUT2D eigenvalue weighted by Crippen LogP contribution is -2.45. The first-order valence-corrected chi connectivity index (χ1v) is 13.3. The van der Waals surface area contributed by atoms with Crippen molar-refractivity contribution in [1.82, 2.24) is 19.9 Å². The predicted molar refractivity (Wildman–Crippen MR) is 146 cm³/mol. The molecule has 0 spiro atoms. The average Bonchev–Trinajstić information content (AvgIpc) is 3.30. The maximum Gasteiger partial charge on any atom is 0.288 e. The summed E-state index contributed by atoms with van der Waals surface area (Å²) in [7, 11) is 0. The predicted octanol–water partition coefficient (Wildman–Crippen LogP) is 3.42. The lowest BCUT2D eigenvalue weighted by Gasteiger charge is -2.29. The number of carbonyl (C=O) groups excluding carboxylic acids is 2. The van der Waals surface area contributed by atoms with Gasteiger partial charge in [-0.25, -0.2) is 4.68 Å². The standard InChI is InChI=1S/C28H27N5O4S/c29-20-12-10-19(11-13-20)25(34)23(14-15-32-26(35)22-8-4-5-9-24(22)30-31-32)27(36)33-21(17-38-28(33)37)16-18-6-2-1-3-7-18/h1-13,21,23,25,34H,14-17,29H2/t21-,23?,25?/m0/s1. The maximum atomic E-state index is 13.9. The Hall–Kier alpha value is -4.02. The van der Waals surface area contributed by atoms with Crippen molar-refractivity contribution in [2.75, 3.05) is 11.5 Å². The Labute approximate surface area is 223 Å². The second kappa shape index (κ2) is 11.2. The molecule has 10 heteroatoms. The molecule has 3 aromatic carbocycles. The van der Waals surface area contributed by atoms with Crippen LogP contribution in [-0.4, -0.2) is 47.9 Å². The number of benzene rings is 3. The van der Waals surface area contributed by atoms with Gasteiger partial charge in [0.05, 0.1) is 23.4 Å². The number of nitrogens with zero attached hydrogens (tertiary/aromatic N) is 4. The van der Waals surface area contributed by atoms with Crippen LogP contribution in [0.15, 0.2) is 83.7 Å². The van der Waals surface area contributed by atoms with E-state index < -0.39 is 17.9 Å². The molecule has 2 unspecified atom stereocenters. The minimum Gasteiger partial charge on any atom is -0.399 e. The highest BCUT2D eigenvalue weighted by Gasteiger charge is 2.42. The second-order valence-corrected chi connectivity index (χ2v) is 10.2. The SMILES string of the molecule is Nc1ccc(C(O)C(CCn2nnc3ccccc3c2=O)C(=O)N2C(=O)SC[C@@H]2Cc2ccccc2)cc1. The highest BCUT2D eigenvalue weighted by atomic mass is 32.2. The molecular weight excluding hydrogens is 502 g/mol. The number of rotatable bonds is 8. The van der Waals surface area contributed by atoms with Crippen LogP contribution in [0.3, 0.4) is 0 Å². The zero-order valence-corrected chi connectivity index (χ0v) is 21.3. The molecule has 9 nitrogen and oxygen atoms in total. The number of aromatic nitrogens is 3. The number of nitrogen functional groups attached to an aromatic ring is 1. The van der Waals surface area contributed by atoms with Crippen molar-refractivity contribution in [3.05, 3.63) is 100 Å². The van der Waals surface area contributed by atoms with E-state index in [-0.39, 0.29) is 29.8 Å². The van der Waals surface area contributed by atoms with E-state index in [4.69, 9.17) is 5.73 Å². The first-order chi connectivity index (χ1) is 18.4. The molecule has 1 saturated heterocycles. The molecule has 0 aliphatic carbocycles. The zero-order chi connectivity index (χ0) is 26.6. The van der Waals surface area contributed by atoms with Gasteiger partial charge in [0.1, 0.15) is 5.52 Å². The molecule has 0 bridgehead atoms. The summed E-state index contributed by atoms with van der Waals surface area (Å²) in [4.78, 5) is 41.1. The van der Waals surface area contributed by atoms with E-state index in [9.17, 15) is 19.5 Å². The Morgan fingerprint density at radius 1 is 1.03 bits per heavy atom. The van der Waals surface area contributed by atoms with Crippen molar-refractivity contribution in [2.24, 2.45) is 5.92 Å². The van der Waals surface area contributed by atoms with Gasteiger partial charge in [0.25, 0.3) is 10.8 Å². The summed E-state index contributed by atoms with van der Waals surface area (Å²) in [5.74, 6) is -1.01. The minimum absolute atomic E-state index is 0.0393. The van der Waals surface area contributed by atoms with Gasteiger partial charge in [-0.2, -0.15) is 0 Å². The van der Waals surface area contributed by atoms with Crippen LogP contribution in [0.2, 0.25) is 0 Å². The molecule has 194 valence electrons. The minimum atomic E-state index is -1.22. The third-order valence-electron chi connectivity index (χ3n) is 6.77. The molecule has 1 aliphatic heterocycles. The Bertz CT molecular complexity index is 1510. The molecule has 5 rings (SSSR count). The fourth-order valence-electron chi connectivity index (χ4n) is 4.72. The van der Waals surface area contributed by atoms with Crippen molar-refractivity contribution in [1.29, 1.82) is 0 Å². The number of amides is 2. The van der Waals surface area contributed by atoms with Crippen molar-refractivity contribution in [3.8, 4) is 0 Å². The molecule has 2 amide bonds.